The minimum absolute atomic E-state index is 0.325. The number of rotatable bonds is 4. The van der Waals surface area contributed by atoms with Gasteiger partial charge >= 0.3 is 0 Å². The summed E-state index contributed by atoms with van der Waals surface area (Å²) in [4.78, 5) is 11.0. The van der Waals surface area contributed by atoms with Crippen molar-refractivity contribution < 1.29 is 5.11 Å². The molecular formula is C13H20N4O. The zero-order valence-electron chi connectivity index (χ0n) is 11.4. The second-order valence-electron chi connectivity index (χ2n) is 4.99. The van der Waals surface area contributed by atoms with Gasteiger partial charge in [0, 0.05) is 30.7 Å². The number of hydrogen-bond donors (Lipinski definition) is 1. The van der Waals surface area contributed by atoms with Gasteiger partial charge in [-0.05, 0) is 33.9 Å². The van der Waals surface area contributed by atoms with Crippen LogP contribution in [0.3, 0.4) is 0 Å². The molecule has 0 aliphatic heterocycles. The third-order valence-electron chi connectivity index (χ3n) is 2.82. The van der Waals surface area contributed by atoms with Crippen LogP contribution < -0.4 is 0 Å². The maximum Gasteiger partial charge on any atom is 0.234 e. The third kappa shape index (κ3) is 2.86. The summed E-state index contributed by atoms with van der Waals surface area (Å²) < 4.78 is 2.00. The number of aliphatic hydroxyl groups is 1. The molecule has 0 spiro atoms. The van der Waals surface area contributed by atoms with Gasteiger partial charge in [0.25, 0.3) is 0 Å². The summed E-state index contributed by atoms with van der Waals surface area (Å²) in [7, 11) is 1.97. The summed E-state index contributed by atoms with van der Waals surface area (Å²) in [5.74, 6) is 0.743. The summed E-state index contributed by atoms with van der Waals surface area (Å²) in [6, 6.07) is 2.04. The van der Waals surface area contributed by atoms with Crippen LogP contribution in [0.2, 0.25) is 0 Å². The number of likely N-dealkylation sites (N-methyl/N-ethyl adjacent to an activating group) is 1. The van der Waals surface area contributed by atoms with E-state index in [4.69, 9.17) is 0 Å². The Labute approximate surface area is 107 Å². The smallest absolute Gasteiger partial charge is 0.234 e. The van der Waals surface area contributed by atoms with Crippen molar-refractivity contribution in [3.8, 4) is 0 Å². The molecule has 0 radical (unpaired) electrons. The molecule has 0 saturated carbocycles. The van der Waals surface area contributed by atoms with Crippen molar-refractivity contribution in [2.24, 2.45) is 0 Å². The second kappa shape index (κ2) is 5.04. The fourth-order valence-corrected chi connectivity index (χ4v) is 2.19. The molecule has 0 aromatic carbocycles. The number of aryl methyl sites for hydroxylation is 2. The number of fused-ring (bicyclic) bond motifs is 1. The quantitative estimate of drug-likeness (QED) is 0.882. The van der Waals surface area contributed by atoms with Crippen LogP contribution in [-0.4, -0.2) is 44.1 Å². The van der Waals surface area contributed by atoms with Gasteiger partial charge in [0.2, 0.25) is 5.78 Å². The molecule has 0 amide bonds. The maximum absolute atomic E-state index is 9.34. The van der Waals surface area contributed by atoms with E-state index in [1.165, 1.54) is 0 Å². The highest BCUT2D eigenvalue weighted by molar-refractivity contribution is 5.34. The summed E-state index contributed by atoms with van der Waals surface area (Å²) in [6.07, 6.45) is 1.68. The van der Waals surface area contributed by atoms with E-state index in [-0.39, 0.29) is 6.10 Å². The van der Waals surface area contributed by atoms with Crippen molar-refractivity contribution in [1.82, 2.24) is 19.3 Å². The molecule has 2 heterocycles. The maximum atomic E-state index is 9.34. The molecule has 5 nitrogen and oxygen atoms in total. The first-order valence-corrected chi connectivity index (χ1v) is 6.14. The highest BCUT2D eigenvalue weighted by atomic mass is 16.3. The summed E-state index contributed by atoms with van der Waals surface area (Å²) in [5, 5.41) is 9.34. The van der Waals surface area contributed by atoms with Crippen molar-refractivity contribution in [1.29, 1.82) is 0 Å². The van der Waals surface area contributed by atoms with Crippen LogP contribution in [0.5, 0.6) is 0 Å². The number of aliphatic hydroxyl groups excluding tert-OH is 1. The van der Waals surface area contributed by atoms with Gasteiger partial charge in [-0.15, -0.1) is 0 Å². The molecular weight excluding hydrogens is 228 g/mol. The first-order chi connectivity index (χ1) is 8.45. The Bertz CT molecular complexity index is 547. The lowest BCUT2D eigenvalue weighted by molar-refractivity contribution is 0.138. The Kier molecular flexibility index (Phi) is 3.63. The van der Waals surface area contributed by atoms with Crippen LogP contribution >= 0.6 is 0 Å². The molecule has 0 bridgehead atoms. The van der Waals surface area contributed by atoms with Gasteiger partial charge in [0.1, 0.15) is 0 Å². The lowest BCUT2D eigenvalue weighted by atomic mass is 10.3. The van der Waals surface area contributed by atoms with Crippen molar-refractivity contribution in [2.45, 2.75) is 33.4 Å². The van der Waals surface area contributed by atoms with E-state index in [0.717, 1.165) is 22.9 Å². The van der Waals surface area contributed by atoms with E-state index < -0.39 is 0 Å². The largest absolute Gasteiger partial charge is 0.392 e. The molecule has 0 fully saturated rings. The topological polar surface area (TPSA) is 53.7 Å². The van der Waals surface area contributed by atoms with E-state index in [9.17, 15) is 5.11 Å². The van der Waals surface area contributed by atoms with Gasteiger partial charge in [0.15, 0.2) is 0 Å². The van der Waals surface area contributed by atoms with E-state index in [0.29, 0.717) is 13.1 Å². The molecule has 5 heteroatoms. The minimum Gasteiger partial charge on any atom is -0.392 e. The fourth-order valence-electron chi connectivity index (χ4n) is 2.19. The molecule has 0 aliphatic rings. The zero-order chi connectivity index (χ0) is 13.3. The average Bonchev–Trinajstić information content (AvgIpc) is 2.58. The van der Waals surface area contributed by atoms with Crippen molar-refractivity contribution >= 4 is 5.78 Å². The van der Waals surface area contributed by atoms with Gasteiger partial charge in [-0.1, -0.05) is 0 Å². The van der Waals surface area contributed by atoms with Crippen LogP contribution in [0.1, 0.15) is 24.0 Å². The highest BCUT2D eigenvalue weighted by Crippen LogP contribution is 2.09. The average molecular weight is 248 g/mol. The van der Waals surface area contributed by atoms with Crippen LogP contribution in [-0.2, 0) is 6.54 Å². The lowest BCUT2D eigenvalue weighted by Crippen LogP contribution is -2.26. The monoisotopic (exact) mass is 248 g/mol. The minimum atomic E-state index is -0.325. The summed E-state index contributed by atoms with van der Waals surface area (Å²) >= 11 is 0. The molecule has 0 saturated heterocycles. The first kappa shape index (κ1) is 13.0. The molecule has 2 aromatic heterocycles. The molecule has 2 rings (SSSR count). The molecule has 0 aliphatic carbocycles. The predicted octanol–water partition coefficient (Wildman–Crippen LogP) is 1.16. The first-order valence-electron chi connectivity index (χ1n) is 6.14. The third-order valence-corrected chi connectivity index (χ3v) is 2.82. The molecule has 1 N–H and O–H groups in total. The second-order valence-corrected chi connectivity index (χ2v) is 4.99. The standard InChI is InChI=1S/C13H20N4O/c1-9-5-10(2)17-8-12(15-13(17)14-9)7-16(4)6-11(3)18/h5,8,11,18H,6-7H2,1-4H3. The van der Waals surface area contributed by atoms with Gasteiger partial charge < -0.3 is 5.11 Å². The predicted molar refractivity (Wildman–Crippen MR) is 70.5 cm³/mol. The van der Waals surface area contributed by atoms with Crippen molar-refractivity contribution in [3.63, 3.8) is 0 Å². The van der Waals surface area contributed by atoms with E-state index in [1.807, 2.05) is 37.6 Å². The number of imidazole rings is 1. The Hall–Kier alpha value is -1.46. The zero-order valence-corrected chi connectivity index (χ0v) is 11.4. The fraction of sp³-hybridized carbons (Fsp3) is 0.538. The highest BCUT2D eigenvalue weighted by Gasteiger charge is 2.09. The molecule has 2 aromatic rings. The molecule has 1 atom stereocenters. The molecule has 18 heavy (non-hydrogen) atoms. The molecule has 1 unspecified atom stereocenters. The van der Waals surface area contributed by atoms with E-state index >= 15 is 0 Å². The Balaban J connectivity index is 2.22. The van der Waals surface area contributed by atoms with Gasteiger partial charge in [-0.2, -0.15) is 0 Å². The number of aromatic nitrogens is 3. The SMILES string of the molecule is Cc1cc(C)n2cc(CN(C)CC(C)O)nc2n1. The van der Waals surface area contributed by atoms with E-state index in [2.05, 4.69) is 14.9 Å². The number of hydrogen-bond acceptors (Lipinski definition) is 4. The van der Waals surface area contributed by atoms with Crippen molar-refractivity contribution in [2.75, 3.05) is 13.6 Å². The normalized spacial score (nSPS) is 13.4. The van der Waals surface area contributed by atoms with Crippen LogP contribution in [0, 0.1) is 13.8 Å². The van der Waals surface area contributed by atoms with Gasteiger partial charge in [-0.25, -0.2) is 9.97 Å². The number of nitrogens with zero attached hydrogens (tertiary/aromatic N) is 4. The Morgan fingerprint density at radius 2 is 2.11 bits per heavy atom. The summed E-state index contributed by atoms with van der Waals surface area (Å²) in [5.41, 5.74) is 3.09. The van der Waals surface area contributed by atoms with Gasteiger partial charge in [-0.3, -0.25) is 9.30 Å². The van der Waals surface area contributed by atoms with Crippen LogP contribution in [0.25, 0.3) is 5.78 Å². The van der Waals surface area contributed by atoms with Crippen molar-refractivity contribution in [3.05, 3.63) is 29.3 Å². The van der Waals surface area contributed by atoms with E-state index in [1.54, 1.807) is 6.92 Å². The summed E-state index contributed by atoms with van der Waals surface area (Å²) in [6.45, 7) is 7.16. The van der Waals surface area contributed by atoms with Gasteiger partial charge in [0.05, 0.1) is 11.8 Å². The van der Waals surface area contributed by atoms with Crippen LogP contribution in [0.15, 0.2) is 12.3 Å². The Morgan fingerprint density at radius 3 is 2.78 bits per heavy atom. The van der Waals surface area contributed by atoms with Crippen LogP contribution in [0.4, 0.5) is 0 Å². The molecule has 98 valence electrons. The Morgan fingerprint density at radius 1 is 1.39 bits per heavy atom. The lowest BCUT2D eigenvalue weighted by Gasteiger charge is -2.16.